The number of nitrogens with zero attached hydrogens (tertiary/aromatic N) is 6. The molecule has 3 atom stereocenters. The van der Waals surface area contributed by atoms with Crippen LogP contribution in [0, 0.1) is 18.8 Å². The number of hydrogen-bond acceptors (Lipinski definition) is 8. The SMILES string of the molecule is Cc1cc(N2CC3CC[C@@H](C2)[C@@H]3Nc2nc3c(OCCC(F)(F)F)nccn3n2)sn1. The zero-order chi connectivity index (χ0) is 21.6. The highest BCUT2D eigenvalue weighted by molar-refractivity contribution is 7.10. The first-order valence-corrected chi connectivity index (χ1v) is 11.0. The molecule has 1 aliphatic carbocycles. The minimum absolute atomic E-state index is 0.0469. The lowest BCUT2D eigenvalue weighted by Crippen LogP contribution is -2.48. The zero-order valence-corrected chi connectivity index (χ0v) is 17.7. The van der Waals surface area contributed by atoms with Crippen molar-refractivity contribution in [1.82, 2.24) is 24.0 Å². The lowest BCUT2D eigenvalue weighted by molar-refractivity contribution is -0.139. The highest BCUT2D eigenvalue weighted by Crippen LogP contribution is 2.41. The van der Waals surface area contributed by atoms with Crippen molar-refractivity contribution in [1.29, 1.82) is 0 Å². The number of fused-ring (bicyclic) bond motifs is 3. The Hall–Kier alpha value is -2.63. The molecule has 31 heavy (non-hydrogen) atoms. The molecular formula is C19H22F3N7OS. The van der Waals surface area contributed by atoms with Crippen LogP contribution in [0.15, 0.2) is 18.5 Å². The van der Waals surface area contributed by atoms with Crippen LogP contribution in [0.5, 0.6) is 5.88 Å². The summed E-state index contributed by atoms with van der Waals surface area (Å²) in [5.74, 6) is 1.42. The molecule has 5 rings (SSSR count). The van der Waals surface area contributed by atoms with Gasteiger partial charge in [0.15, 0.2) is 0 Å². The quantitative estimate of drug-likeness (QED) is 0.611. The summed E-state index contributed by atoms with van der Waals surface area (Å²) < 4.78 is 48.3. The van der Waals surface area contributed by atoms with E-state index in [1.165, 1.54) is 15.7 Å². The van der Waals surface area contributed by atoms with Crippen LogP contribution < -0.4 is 15.0 Å². The van der Waals surface area contributed by atoms with E-state index in [0.717, 1.165) is 31.6 Å². The Balaban J connectivity index is 1.28. The molecule has 1 unspecified atom stereocenters. The Labute approximate surface area is 180 Å². The maximum Gasteiger partial charge on any atom is 0.392 e. The van der Waals surface area contributed by atoms with Gasteiger partial charge < -0.3 is 15.0 Å². The standard InChI is InChI=1S/C19H22F3N7OS/c1-11-8-14(31-27-11)28-9-12-2-3-13(10-28)15(12)24-18-25-16-17(23-5-6-29(16)26-18)30-7-4-19(20,21)22/h5-6,8,12-13,15H,2-4,7,9-10H2,1H3,(H,24,26)/t12-,13?,15-/m0/s1. The molecule has 0 amide bonds. The molecule has 1 saturated heterocycles. The van der Waals surface area contributed by atoms with Gasteiger partial charge in [-0.1, -0.05) is 0 Å². The Morgan fingerprint density at radius 3 is 2.71 bits per heavy atom. The molecule has 4 heterocycles. The molecule has 0 spiro atoms. The van der Waals surface area contributed by atoms with Gasteiger partial charge in [-0.15, -0.1) is 5.10 Å². The van der Waals surface area contributed by atoms with Crippen molar-refractivity contribution in [3.8, 4) is 5.88 Å². The fourth-order valence-electron chi connectivity index (χ4n) is 4.51. The van der Waals surface area contributed by atoms with Gasteiger partial charge in [-0.2, -0.15) is 22.5 Å². The van der Waals surface area contributed by atoms with E-state index in [0.29, 0.717) is 23.4 Å². The van der Waals surface area contributed by atoms with E-state index < -0.39 is 19.2 Å². The molecule has 3 aromatic heterocycles. The summed E-state index contributed by atoms with van der Waals surface area (Å²) in [5.41, 5.74) is 1.35. The van der Waals surface area contributed by atoms with E-state index in [4.69, 9.17) is 4.74 Å². The minimum Gasteiger partial charge on any atom is -0.475 e. The van der Waals surface area contributed by atoms with Gasteiger partial charge in [-0.25, -0.2) is 9.50 Å². The van der Waals surface area contributed by atoms with Crippen molar-refractivity contribution in [2.75, 3.05) is 29.9 Å². The highest BCUT2D eigenvalue weighted by atomic mass is 32.1. The normalized spacial score (nSPS) is 23.5. The van der Waals surface area contributed by atoms with Gasteiger partial charge in [0.1, 0.15) is 5.00 Å². The van der Waals surface area contributed by atoms with Crippen molar-refractivity contribution in [3.05, 3.63) is 24.2 Å². The number of anilines is 2. The second kappa shape index (κ2) is 7.81. The average Bonchev–Trinajstić information content (AvgIpc) is 3.37. The van der Waals surface area contributed by atoms with E-state index in [9.17, 15) is 13.2 Å². The van der Waals surface area contributed by atoms with Gasteiger partial charge in [-0.05, 0) is 49.2 Å². The maximum absolute atomic E-state index is 12.4. The average molecular weight is 453 g/mol. The Bertz CT molecular complexity index is 1050. The van der Waals surface area contributed by atoms with Gasteiger partial charge in [-0.3, -0.25) is 0 Å². The second-order valence-corrected chi connectivity index (χ2v) is 8.91. The number of hydrogen-bond donors (Lipinski definition) is 1. The van der Waals surface area contributed by atoms with E-state index in [1.54, 1.807) is 17.7 Å². The molecule has 8 nitrogen and oxygen atoms in total. The fourth-order valence-corrected chi connectivity index (χ4v) is 5.29. The van der Waals surface area contributed by atoms with Crippen molar-refractivity contribution >= 4 is 28.1 Å². The number of alkyl halides is 3. The molecule has 2 aliphatic rings. The van der Waals surface area contributed by atoms with Crippen LogP contribution in [0.3, 0.4) is 0 Å². The van der Waals surface area contributed by atoms with Crippen molar-refractivity contribution in [2.24, 2.45) is 11.8 Å². The number of aromatic nitrogens is 5. The number of ether oxygens (including phenoxy) is 1. The number of nitrogens with one attached hydrogen (secondary N) is 1. The predicted molar refractivity (Wildman–Crippen MR) is 110 cm³/mol. The highest BCUT2D eigenvalue weighted by Gasteiger charge is 2.43. The van der Waals surface area contributed by atoms with E-state index in [1.807, 2.05) is 6.92 Å². The lowest BCUT2D eigenvalue weighted by atomic mass is 9.92. The smallest absolute Gasteiger partial charge is 0.392 e. The predicted octanol–water partition coefficient (Wildman–Crippen LogP) is 3.55. The van der Waals surface area contributed by atoms with Crippen LogP contribution in [0.1, 0.15) is 25.0 Å². The molecule has 1 aliphatic heterocycles. The van der Waals surface area contributed by atoms with Gasteiger partial charge in [0.25, 0.3) is 5.88 Å². The zero-order valence-electron chi connectivity index (χ0n) is 16.8. The third-order valence-electron chi connectivity index (χ3n) is 5.90. The van der Waals surface area contributed by atoms with E-state index >= 15 is 0 Å². The first kappa shape index (κ1) is 20.3. The van der Waals surface area contributed by atoms with Crippen LogP contribution in [-0.2, 0) is 0 Å². The largest absolute Gasteiger partial charge is 0.475 e. The van der Waals surface area contributed by atoms with Gasteiger partial charge >= 0.3 is 6.18 Å². The third-order valence-corrected chi connectivity index (χ3v) is 6.85. The van der Waals surface area contributed by atoms with E-state index in [-0.39, 0.29) is 11.9 Å². The molecule has 12 heteroatoms. The first-order chi connectivity index (χ1) is 14.9. The van der Waals surface area contributed by atoms with Gasteiger partial charge in [0.05, 0.1) is 18.7 Å². The molecular weight excluding hydrogens is 431 g/mol. The molecule has 166 valence electrons. The minimum atomic E-state index is -4.28. The molecule has 1 N–H and O–H groups in total. The topological polar surface area (TPSA) is 80.5 Å². The van der Waals surface area contributed by atoms with Crippen molar-refractivity contribution in [2.45, 2.75) is 38.4 Å². The Morgan fingerprint density at radius 2 is 2.03 bits per heavy atom. The summed E-state index contributed by atoms with van der Waals surface area (Å²) in [6.45, 7) is 3.41. The van der Waals surface area contributed by atoms with Crippen LogP contribution in [0.4, 0.5) is 24.1 Å². The lowest BCUT2D eigenvalue weighted by Gasteiger charge is -2.38. The van der Waals surface area contributed by atoms with Crippen molar-refractivity contribution in [3.63, 3.8) is 0 Å². The number of halogens is 3. The summed E-state index contributed by atoms with van der Waals surface area (Å²) in [4.78, 5) is 10.9. The first-order valence-electron chi connectivity index (χ1n) is 10.2. The van der Waals surface area contributed by atoms with Crippen molar-refractivity contribution < 1.29 is 17.9 Å². The molecule has 2 fully saturated rings. The van der Waals surface area contributed by atoms with Crippen LogP contribution >= 0.6 is 11.5 Å². The summed E-state index contributed by atoms with van der Waals surface area (Å²) in [7, 11) is 0. The monoisotopic (exact) mass is 453 g/mol. The summed E-state index contributed by atoms with van der Waals surface area (Å²) in [6.07, 6.45) is -0.0105. The molecule has 1 saturated carbocycles. The number of piperidine rings is 1. The number of rotatable bonds is 6. The fraction of sp³-hybridized carbons (Fsp3) is 0.579. The Morgan fingerprint density at radius 1 is 1.26 bits per heavy atom. The summed E-state index contributed by atoms with van der Waals surface area (Å²) in [5, 5.41) is 9.12. The maximum atomic E-state index is 12.4. The number of aryl methyl sites for hydroxylation is 1. The Kier molecular flexibility index (Phi) is 5.11. The second-order valence-electron chi connectivity index (χ2n) is 8.13. The van der Waals surface area contributed by atoms with Crippen LogP contribution in [-0.4, -0.2) is 55.9 Å². The summed E-state index contributed by atoms with van der Waals surface area (Å²) >= 11 is 1.54. The van der Waals surface area contributed by atoms with Crippen LogP contribution in [0.25, 0.3) is 5.65 Å². The molecule has 0 radical (unpaired) electrons. The molecule has 2 bridgehead atoms. The third kappa shape index (κ3) is 4.25. The summed E-state index contributed by atoms with van der Waals surface area (Å²) in [6, 6.07) is 2.39. The molecule has 3 aromatic rings. The van der Waals surface area contributed by atoms with Gasteiger partial charge in [0, 0.05) is 31.5 Å². The van der Waals surface area contributed by atoms with Gasteiger partial charge in [0.2, 0.25) is 11.6 Å². The molecule has 0 aromatic carbocycles. The van der Waals surface area contributed by atoms with Crippen LogP contribution in [0.2, 0.25) is 0 Å². The van der Waals surface area contributed by atoms with E-state index in [2.05, 4.69) is 35.7 Å².